The zero-order valence-corrected chi connectivity index (χ0v) is 21.6. The summed E-state index contributed by atoms with van der Waals surface area (Å²) in [5.74, 6) is 1.39. The van der Waals surface area contributed by atoms with Crippen LogP contribution in [0.5, 0.6) is 0 Å². The molecule has 178 valence electrons. The number of rotatable bonds is 5. The van der Waals surface area contributed by atoms with Crippen molar-refractivity contribution in [3.8, 4) is 0 Å². The van der Waals surface area contributed by atoms with Crippen molar-refractivity contribution >= 4 is 41.3 Å². The van der Waals surface area contributed by atoms with E-state index in [1.165, 1.54) is 11.8 Å². The quantitative estimate of drug-likeness (QED) is 0.332. The van der Waals surface area contributed by atoms with Gasteiger partial charge in [0.15, 0.2) is 5.96 Å². The molecule has 1 aromatic heterocycles. The highest BCUT2D eigenvalue weighted by Gasteiger charge is 2.41. The predicted molar refractivity (Wildman–Crippen MR) is 130 cm³/mol. The fourth-order valence-corrected chi connectivity index (χ4v) is 4.76. The summed E-state index contributed by atoms with van der Waals surface area (Å²) in [6, 6.07) is -1.40. The van der Waals surface area contributed by atoms with E-state index < -0.39 is 12.2 Å². The highest BCUT2D eigenvalue weighted by atomic mass is 127. The Kier molecular flexibility index (Phi) is 10.3. The summed E-state index contributed by atoms with van der Waals surface area (Å²) >= 11 is 1.70. The molecule has 1 atom stereocenters. The minimum atomic E-state index is -4.17. The summed E-state index contributed by atoms with van der Waals surface area (Å²) in [5.41, 5.74) is 1.16. The van der Waals surface area contributed by atoms with E-state index in [1.54, 1.807) is 18.4 Å². The van der Waals surface area contributed by atoms with Crippen LogP contribution >= 0.6 is 35.3 Å². The van der Waals surface area contributed by atoms with E-state index in [1.807, 2.05) is 6.92 Å². The number of hydrogen-bond donors (Lipinski definition) is 1. The first-order chi connectivity index (χ1) is 14.3. The van der Waals surface area contributed by atoms with Gasteiger partial charge in [-0.2, -0.15) is 13.2 Å². The number of halogens is 4. The normalized spacial score (nSPS) is 21.1. The molecule has 0 aromatic carbocycles. The molecule has 0 radical (unpaired) electrons. The topological polar surface area (TPSA) is 47.0 Å². The van der Waals surface area contributed by atoms with Crippen molar-refractivity contribution in [1.82, 2.24) is 25.0 Å². The number of piperazine rings is 1. The number of alkyl halides is 3. The van der Waals surface area contributed by atoms with Crippen molar-refractivity contribution in [2.45, 2.75) is 45.5 Å². The van der Waals surface area contributed by atoms with Gasteiger partial charge in [0.2, 0.25) is 0 Å². The van der Waals surface area contributed by atoms with Crippen LogP contribution in [0.3, 0.4) is 0 Å². The van der Waals surface area contributed by atoms with Gasteiger partial charge in [-0.05, 0) is 45.7 Å². The third-order valence-electron chi connectivity index (χ3n) is 6.16. The van der Waals surface area contributed by atoms with E-state index in [9.17, 15) is 13.2 Å². The van der Waals surface area contributed by atoms with Gasteiger partial charge in [-0.1, -0.05) is 0 Å². The summed E-state index contributed by atoms with van der Waals surface area (Å²) in [5, 5.41) is 6.71. The highest BCUT2D eigenvalue weighted by molar-refractivity contribution is 14.0. The van der Waals surface area contributed by atoms with Crippen LogP contribution in [0.4, 0.5) is 13.2 Å². The largest absolute Gasteiger partial charge is 0.403 e. The molecule has 11 heteroatoms. The predicted octanol–water partition coefficient (Wildman–Crippen LogP) is 3.43. The average molecular weight is 574 g/mol. The Morgan fingerprint density at radius 2 is 1.87 bits per heavy atom. The van der Waals surface area contributed by atoms with Gasteiger partial charge >= 0.3 is 6.18 Å². The Hall–Kier alpha value is -0.660. The van der Waals surface area contributed by atoms with Crippen LogP contribution in [0.15, 0.2) is 10.4 Å². The molecular formula is C20H34F3IN6S. The lowest BCUT2D eigenvalue weighted by Gasteiger charge is -2.40. The number of hydrogen-bond acceptors (Lipinski definition) is 5. The zero-order valence-electron chi connectivity index (χ0n) is 18.5. The van der Waals surface area contributed by atoms with E-state index in [-0.39, 0.29) is 24.0 Å². The maximum atomic E-state index is 12.9. The van der Waals surface area contributed by atoms with Gasteiger partial charge in [-0.3, -0.25) is 14.8 Å². The molecule has 0 bridgehead atoms. The van der Waals surface area contributed by atoms with Crippen LogP contribution in [0.25, 0.3) is 0 Å². The van der Waals surface area contributed by atoms with Crippen molar-refractivity contribution in [1.29, 1.82) is 0 Å². The van der Waals surface area contributed by atoms with E-state index in [0.717, 1.165) is 55.7 Å². The molecule has 2 saturated heterocycles. The number of nitrogens with zero attached hydrogens (tertiary/aromatic N) is 5. The Labute approximate surface area is 204 Å². The van der Waals surface area contributed by atoms with Crippen LogP contribution in [-0.2, 0) is 6.54 Å². The van der Waals surface area contributed by atoms with Gasteiger partial charge in [0.1, 0.15) is 6.04 Å². The molecule has 0 aliphatic carbocycles. The second-order valence-corrected chi connectivity index (χ2v) is 9.31. The molecule has 1 N–H and O–H groups in total. The third-order valence-corrected chi connectivity index (χ3v) is 6.98. The number of likely N-dealkylation sites (tertiary alicyclic amines) is 1. The number of nitrogens with one attached hydrogen (secondary N) is 1. The first kappa shape index (κ1) is 26.6. The Morgan fingerprint density at radius 3 is 2.39 bits per heavy atom. The van der Waals surface area contributed by atoms with Gasteiger partial charge in [-0.25, -0.2) is 4.98 Å². The minimum Gasteiger partial charge on any atom is -0.356 e. The summed E-state index contributed by atoms with van der Waals surface area (Å²) in [4.78, 5) is 14.9. The SMILES string of the molecule is CN=C(NCC1CCN(Cc2csc(C)n2)CC1)N1CCN(C(C)C(F)(F)F)CC1.I. The molecule has 1 aromatic rings. The van der Waals surface area contributed by atoms with Crippen molar-refractivity contribution in [3.63, 3.8) is 0 Å². The van der Waals surface area contributed by atoms with E-state index in [2.05, 4.69) is 30.5 Å². The van der Waals surface area contributed by atoms with Crippen molar-refractivity contribution in [2.24, 2.45) is 10.9 Å². The van der Waals surface area contributed by atoms with Crippen LogP contribution < -0.4 is 5.32 Å². The van der Waals surface area contributed by atoms with Gasteiger partial charge in [0, 0.05) is 51.7 Å². The fraction of sp³-hybridized carbons (Fsp3) is 0.800. The standard InChI is InChI=1S/C20H33F3N6S.HI/c1-15(20(21,22)23)28-8-10-29(11-9-28)19(24-3)25-12-17-4-6-27(7-5-17)13-18-14-30-16(2)26-18;/h14-15,17H,4-13H2,1-3H3,(H,24,25);1H. The molecule has 0 amide bonds. The number of aryl methyl sites for hydroxylation is 1. The maximum absolute atomic E-state index is 12.9. The first-order valence-electron chi connectivity index (χ1n) is 10.7. The number of thiazole rings is 1. The summed E-state index contributed by atoms with van der Waals surface area (Å²) in [6.45, 7) is 9.11. The summed E-state index contributed by atoms with van der Waals surface area (Å²) in [6.07, 6.45) is -1.91. The summed E-state index contributed by atoms with van der Waals surface area (Å²) in [7, 11) is 1.74. The number of piperidine rings is 1. The molecule has 3 heterocycles. The van der Waals surface area contributed by atoms with E-state index in [4.69, 9.17) is 0 Å². The second kappa shape index (κ2) is 12.0. The van der Waals surface area contributed by atoms with Crippen molar-refractivity contribution in [3.05, 3.63) is 16.1 Å². The molecular weight excluding hydrogens is 540 g/mol. The van der Waals surface area contributed by atoms with Gasteiger partial charge in [0.25, 0.3) is 0 Å². The van der Waals surface area contributed by atoms with Crippen LogP contribution in [0.2, 0.25) is 0 Å². The minimum absolute atomic E-state index is 0. The summed E-state index contributed by atoms with van der Waals surface area (Å²) < 4.78 is 38.8. The van der Waals surface area contributed by atoms with Gasteiger partial charge in [0.05, 0.1) is 10.7 Å². The fourth-order valence-electron chi connectivity index (χ4n) is 4.15. The molecule has 3 rings (SSSR count). The number of aliphatic imine (C=N–C) groups is 1. The van der Waals surface area contributed by atoms with E-state index in [0.29, 0.717) is 32.1 Å². The molecule has 0 saturated carbocycles. The van der Waals surface area contributed by atoms with Crippen molar-refractivity contribution in [2.75, 3.05) is 52.9 Å². The monoisotopic (exact) mass is 574 g/mol. The highest BCUT2D eigenvalue weighted by Crippen LogP contribution is 2.25. The van der Waals surface area contributed by atoms with Crippen LogP contribution in [0.1, 0.15) is 30.5 Å². The zero-order chi connectivity index (χ0) is 21.7. The van der Waals surface area contributed by atoms with Crippen molar-refractivity contribution < 1.29 is 13.2 Å². The average Bonchev–Trinajstić information content (AvgIpc) is 3.13. The lowest BCUT2D eigenvalue weighted by Crippen LogP contribution is -2.57. The maximum Gasteiger partial charge on any atom is 0.403 e. The van der Waals surface area contributed by atoms with Crippen LogP contribution in [0, 0.1) is 12.8 Å². The third kappa shape index (κ3) is 7.71. The number of guanidine groups is 1. The van der Waals surface area contributed by atoms with Gasteiger partial charge in [-0.15, -0.1) is 35.3 Å². The lowest BCUT2D eigenvalue weighted by molar-refractivity contribution is -0.181. The second-order valence-electron chi connectivity index (χ2n) is 8.25. The molecule has 31 heavy (non-hydrogen) atoms. The molecule has 0 spiro atoms. The molecule has 2 aliphatic heterocycles. The Morgan fingerprint density at radius 1 is 1.23 bits per heavy atom. The van der Waals surface area contributed by atoms with Gasteiger partial charge < -0.3 is 10.2 Å². The smallest absolute Gasteiger partial charge is 0.356 e. The molecule has 2 aliphatic rings. The Bertz CT molecular complexity index is 697. The Balaban J connectivity index is 0.00000341. The molecule has 2 fully saturated rings. The molecule has 6 nitrogen and oxygen atoms in total. The molecule has 1 unspecified atom stereocenters. The van der Waals surface area contributed by atoms with Crippen LogP contribution in [-0.4, -0.2) is 90.7 Å². The van der Waals surface area contributed by atoms with E-state index >= 15 is 0 Å². The first-order valence-corrected chi connectivity index (χ1v) is 11.5. The lowest BCUT2D eigenvalue weighted by atomic mass is 9.97. The number of aromatic nitrogens is 1.